The summed E-state index contributed by atoms with van der Waals surface area (Å²) in [5, 5.41) is 36.9. The van der Waals surface area contributed by atoms with Gasteiger partial charge in [-0.15, -0.1) is 0 Å². The summed E-state index contributed by atoms with van der Waals surface area (Å²) in [5.41, 5.74) is -0.499. The number of ether oxygens (including phenoxy) is 4. The van der Waals surface area contributed by atoms with Gasteiger partial charge in [-0.3, -0.25) is 0 Å². The Morgan fingerprint density at radius 2 is 0.500 bits per heavy atom. The Labute approximate surface area is 316 Å². The van der Waals surface area contributed by atoms with E-state index in [2.05, 4.69) is 0 Å². The van der Waals surface area contributed by atoms with E-state index in [1.165, 1.54) is 97.1 Å². The van der Waals surface area contributed by atoms with Crippen molar-refractivity contribution in [1.29, 1.82) is 0 Å². The van der Waals surface area contributed by atoms with Crippen LogP contribution in [0.4, 0.5) is 0 Å². The van der Waals surface area contributed by atoms with E-state index in [0.717, 1.165) is 0 Å². The zero-order valence-corrected chi connectivity index (χ0v) is 29.1. The second kappa shape index (κ2) is 17.6. The third-order valence-electron chi connectivity index (χ3n) is 8.95. The molecule has 56 heavy (non-hydrogen) atoms. The van der Waals surface area contributed by atoms with Gasteiger partial charge in [0.15, 0.2) is 0 Å². The molecule has 1 aliphatic carbocycles. The highest BCUT2D eigenvalue weighted by Crippen LogP contribution is 2.36. The predicted molar refractivity (Wildman–Crippen MR) is 188 cm³/mol. The van der Waals surface area contributed by atoms with Gasteiger partial charge in [-0.25, -0.2) is 38.4 Å². The van der Waals surface area contributed by atoms with Crippen LogP contribution < -0.4 is 0 Å². The minimum Gasteiger partial charge on any atom is -0.478 e. The van der Waals surface area contributed by atoms with Gasteiger partial charge in [-0.2, -0.15) is 0 Å². The van der Waals surface area contributed by atoms with Gasteiger partial charge in [0, 0.05) is 11.8 Å². The van der Waals surface area contributed by atoms with E-state index in [1.54, 1.807) is 0 Å². The summed E-state index contributed by atoms with van der Waals surface area (Å²) in [6, 6.07) is 19.4. The van der Waals surface area contributed by atoms with Crippen molar-refractivity contribution in [3.8, 4) is 0 Å². The lowest BCUT2D eigenvalue weighted by Gasteiger charge is -2.35. The number of carboxylic acids is 4. The molecule has 0 atom stereocenters. The molecule has 4 aromatic carbocycles. The van der Waals surface area contributed by atoms with Crippen LogP contribution in [0.15, 0.2) is 97.1 Å². The number of hydrogen-bond donors (Lipinski definition) is 4. The summed E-state index contributed by atoms with van der Waals surface area (Å²) in [5.74, 6) is -9.94. The van der Waals surface area contributed by atoms with Crippen molar-refractivity contribution < 1.29 is 77.7 Å². The zero-order chi connectivity index (χ0) is 40.5. The largest absolute Gasteiger partial charge is 0.478 e. The molecular formula is C40H32O16. The molecule has 0 amide bonds. The second-order valence-electron chi connectivity index (χ2n) is 12.6. The average molecular weight is 769 g/mol. The number of hydrogen-bond acceptors (Lipinski definition) is 12. The first-order chi connectivity index (χ1) is 26.7. The summed E-state index contributed by atoms with van der Waals surface area (Å²) >= 11 is 0. The molecule has 16 heteroatoms. The molecule has 0 spiro atoms. The fourth-order valence-electron chi connectivity index (χ4n) is 5.81. The van der Waals surface area contributed by atoms with E-state index in [4.69, 9.17) is 18.9 Å². The number of carboxylic acid groups (broad SMARTS) is 4. The van der Waals surface area contributed by atoms with Crippen LogP contribution in [-0.4, -0.2) is 80.8 Å². The van der Waals surface area contributed by atoms with Crippen molar-refractivity contribution in [2.45, 2.75) is 38.3 Å². The smallest absolute Gasteiger partial charge is 0.341 e. The maximum absolute atomic E-state index is 13.2. The third-order valence-corrected chi connectivity index (χ3v) is 8.95. The summed E-state index contributed by atoms with van der Waals surface area (Å²) in [6.07, 6.45) is -2.34. The summed E-state index contributed by atoms with van der Waals surface area (Å²) < 4.78 is 22.6. The lowest BCUT2D eigenvalue weighted by molar-refractivity contribution is -0.140. The molecule has 5 rings (SSSR count). The van der Waals surface area contributed by atoms with Gasteiger partial charge in [-0.1, -0.05) is 0 Å². The number of benzene rings is 4. The first-order valence-corrected chi connectivity index (χ1v) is 16.9. The second-order valence-corrected chi connectivity index (χ2v) is 12.6. The molecule has 1 fully saturated rings. The molecule has 0 heterocycles. The van der Waals surface area contributed by atoms with Crippen molar-refractivity contribution in [2.75, 3.05) is 0 Å². The Balaban J connectivity index is 1.35. The molecule has 16 nitrogen and oxygen atoms in total. The predicted octanol–water partition coefficient (Wildman–Crippen LogP) is 5.67. The lowest BCUT2D eigenvalue weighted by atomic mass is 9.81. The Hall–Kier alpha value is -7.36. The molecule has 4 aromatic rings. The van der Waals surface area contributed by atoms with E-state index < -0.39 is 72.2 Å². The minimum absolute atomic E-state index is 0.0396. The lowest BCUT2D eigenvalue weighted by Crippen LogP contribution is -2.38. The third kappa shape index (κ3) is 9.98. The number of carbonyl (C=O) groups is 8. The maximum atomic E-state index is 13.2. The normalized spacial score (nSPS) is 15.0. The SMILES string of the molecule is O=C(O)c1ccc(C(=O)OC(OC(=O)c2ccc(C(=O)O)cc2)C2CCC(C(OC(=O)c3ccc(C(=O)O)cc3)OC(=O)c3ccc(C(=O)O)cc3)CC2)cc1. The summed E-state index contributed by atoms with van der Waals surface area (Å²) in [4.78, 5) is 98.0. The van der Waals surface area contributed by atoms with Crippen LogP contribution in [0.25, 0.3) is 0 Å². The topological polar surface area (TPSA) is 254 Å². The number of carbonyl (C=O) groups excluding carboxylic acids is 4. The molecule has 0 aromatic heterocycles. The first kappa shape index (κ1) is 39.8. The zero-order valence-electron chi connectivity index (χ0n) is 29.1. The number of aromatic carboxylic acids is 4. The van der Waals surface area contributed by atoms with E-state index in [9.17, 15) is 58.8 Å². The van der Waals surface area contributed by atoms with Gasteiger partial charge < -0.3 is 39.4 Å². The molecule has 1 aliphatic rings. The van der Waals surface area contributed by atoms with E-state index in [1.807, 2.05) is 0 Å². The van der Waals surface area contributed by atoms with E-state index in [-0.39, 0.29) is 70.2 Å². The Morgan fingerprint density at radius 1 is 0.339 bits per heavy atom. The number of esters is 4. The molecule has 0 bridgehead atoms. The standard InChI is InChI=1S/C40H32O16/c41-31(42)21-1-9-25(10-2-21)35(49)53-39(54-36(50)26-11-3-22(4-12-26)32(43)44)29-17-19-30(20-18-29)40(55-37(51)27-13-5-23(6-14-27)33(45)46)56-38(52)28-15-7-24(8-16-28)34(47)48/h1-16,29-30,39-40H,17-20H2,(H,41,42)(H,43,44)(H,45,46)(H,47,48). The van der Waals surface area contributed by atoms with Gasteiger partial charge >= 0.3 is 47.8 Å². The van der Waals surface area contributed by atoms with Crippen LogP contribution in [0.2, 0.25) is 0 Å². The van der Waals surface area contributed by atoms with Crippen LogP contribution >= 0.6 is 0 Å². The molecule has 0 radical (unpaired) electrons. The van der Waals surface area contributed by atoms with Crippen molar-refractivity contribution in [3.63, 3.8) is 0 Å². The van der Waals surface area contributed by atoms with E-state index in [0.29, 0.717) is 0 Å². The fourth-order valence-corrected chi connectivity index (χ4v) is 5.81. The molecule has 0 saturated heterocycles. The van der Waals surface area contributed by atoms with Crippen LogP contribution in [-0.2, 0) is 18.9 Å². The molecule has 1 saturated carbocycles. The van der Waals surface area contributed by atoms with Gasteiger partial charge in [0.2, 0.25) is 0 Å². The fraction of sp³-hybridized carbons (Fsp3) is 0.200. The Morgan fingerprint density at radius 3 is 0.661 bits per heavy atom. The van der Waals surface area contributed by atoms with Crippen molar-refractivity contribution in [1.82, 2.24) is 0 Å². The van der Waals surface area contributed by atoms with Gasteiger partial charge in [0.1, 0.15) is 0 Å². The van der Waals surface area contributed by atoms with Crippen molar-refractivity contribution in [3.05, 3.63) is 142 Å². The van der Waals surface area contributed by atoms with Crippen LogP contribution in [0.1, 0.15) is 109 Å². The quantitative estimate of drug-likeness (QED) is 0.0891. The summed E-state index contributed by atoms with van der Waals surface area (Å²) in [7, 11) is 0. The van der Waals surface area contributed by atoms with E-state index >= 15 is 0 Å². The Bertz CT molecular complexity index is 1830. The van der Waals surface area contributed by atoms with Crippen molar-refractivity contribution >= 4 is 47.8 Å². The van der Waals surface area contributed by atoms with Gasteiger partial charge in [0.05, 0.1) is 44.5 Å². The highest BCUT2D eigenvalue weighted by Gasteiger charge is 2.39. The van der Waals surface area contributed by atoms with Gasteiger partial charge in [-0.05, 0) is 123 Å². The molecular weight excluding hydrogens is 736 g/mol. The average Bonchev–Trinajstić information content (AvgIpc) is 3.20. The molecule has 288 valence electrons. The monoisotopic (exact) mass is 768 g/mol. The summed E-state index contributed by atoms with van der Waals surface area (Å²) in [6.45, 7) is 0. The van der Waals surface area contributed by atoms with Crippen molar-refractivity contribution in [2.24, 2.45) is 11.8 Å². The molecule has 0 unspecified atom stereocenters. The number of rotatable bonds is 14. The first-order valence-electron chi connectivity index (χ1n) is 16.9. The molecule has 4 N–H and O–H groups in total. The minimum atomic E-state index is -1.50. The highest BCUT2D eigenvalue weighted by molar-refractivity contribution is 5.95. The van der Waals surface area contributed by atoms with Crippen LogP contribution in [0, 0.1) is 11.8 Å². The highest BCUT2D eigenvalue weighted by atomic mass is 16.7. The van der Waals surface area contributed by atoms with Crippen LogP contribution in [0.3, 0.4) is 0 Å². The van der Waals surface area contributed by atoms with Crippen LogP contribution in [0.5, 0.6) is 0 Å². The van der Waals surface area contributed by atoms with Gasteiger partial charge in [0.25, 0.3) is 12.6 Å². The molecule has 0 aliphatic heterocycles. The Kier molecular flexibility index (Phi) is 12.6. The maximum Gasteiger partial charge on any atom is 0.341 e.